The summed E-state index contributed by atoms with van der Waals surface area (Å²) < 4.78 is 10.4. The predicted octanol–water partition coefficient (Wildman–Crippen LogP) is 3.70. The molecule has 0 saturated carbocycles. The molecule has 154 valence electrons. The van der Waals surface area contributed by atoms with Gasteiger partial charge in [0.15, 0.2) is 5.96 Å². The van der Waals surface area contributed by atoms with Crippen LogP contribution in [0.2, 0.25) is 0 Å². The molecule has 0 unspecified atom stereocenters. The molecule has 7 heteroatoms. The van der Waals surface area contributed by atoms with Crippen molar-refractivity contribution in [2.75, 3.05) is 40.4 Å². The fraction of sp³-hybridized carbons (Fsp3) is 0.600. The molecule has 0 spiro atoms. The van der Waals surface area contributed by atoms with Crippen LogP contribution in [0.4, 0.5) is 0 Å². The van der Waals surface area contributed by atoms with Gasteiger partial charge in [0.05, 0.1) is 13.7 Å². The average molecular weight is 491 g/mol. The summed E-state index contributed by atoms with van der Waals surface area (Å²) in [6.45, 7) is 5.06. The van der Waals surface area contributed by atoms with Gasteiger partial charge in [-0.15, -0.1) is 24.0 Å². The molecule has 0 aliphatic rings. The first-order chi connectivity index (χ1) is 12.7. The second-order valence-corrected chi connectivity index (χ2v) is 6.06. The van der Waals surface area contributed by atoms with Crippen molar-refractivity contribution in [2.45, 2.75) is 39.0 Å². The fourth-order valence-electron chi connectivity index (χ4n) is 2.41. The van der Waals surface area contributed by atoms with Crippen LogP contribution >= 0.6 is 24.0 Å². The molecular weight excluding hydrogens is 457 g/mol. The van der Waals surface area contributed by atoms with E-state index in [1.165, 1.54) is 7.11 Å². The molecule has 1 aromatic rings. The third-order valence-electron chi connectivity index (χ3n) is 3.91. The molecule has 0 bridgehead atoms. The van der Waals surface area contributed by atoms with Gasteiger partial charge >= 0.3 is 5.97 Å². The Morgan fingerprint density at radius 1 is 1.15 bits per heavy atom. The van der Waals surface area contributed by atoms with Gasteiger partial charge in [0, 0.05) is 26.6 Å². The summed E-state index contributed by atoms with van der Waals surface area (Å²) in [5, 5.41) is 3.31. The number of likely N-dealkylation sites (N-methyl/N-ethyl adjacent to an activating group) is 1. The number of hydrogen-bond acceptors (Lipinski definition) is 4. The van der Waals surface area contributed by atoms with Gasteiger partial charge in [0.25, 0.3) is 0 Å². The standard InChI is InChI=1S/C20H33N3O3.HI/c1-4-21-20(22-15-11-6-5-10-14-19(24)25-3)23(2)16-17-26-18-12-8-7-9-13-18;/h7-9,12-13H,4-6,10-11,14-17H2,1-3H3,(H,21,22);1H. The van der Waals surface area contributed by atoms with E-state index < -0.39 is 0 Å². The molecule has 0 aliphatic carbocycles. The van der Waals surface area contributed by atoms with E-state index >= 15 is 0 Å². The topological polar surface area (TPSA) is 63.2 Å². The maximum Gasteiger partial charge on any atom is 0.305 e. The van der Waals surface area contributed by atoms with Gasteiger partial charge in [-0.25, -0.2) is 0 Å². The number of benzene rings is 1. The molecule has 27 heavy (non-hydrogen) atoms. The van der Waals surface area contributed by atoms with Crippen LogP contribution in [0.3, 0.4) is 0 Å². The minimum atomic E-state index is -0.128. The lowest BCUT2D eigenvalue weighted by atomic mass is 10.1. The number of guanidine groups is 1. The van der Waals surface area contributed by atoms with Gasteiger partial charge < -0.3 is 19.7 Å². The van der Waals surface area contributed by atoms with Crippen molar-refractivity contribution in [3.63, 3.8) is 0 Å². The zero-order chi connectivity index (χ0) is 19.0. The summed E-state index contributed by atoms with van der Waals surface area (Å²) in [5.41, 5.74) is 0. The average Bonchev–Trinajstić information content (AvgIpc) is 2.66. The lowest BCUT2D eigenvalue weighted by molar-refractivity contribution is -0.140. The molecule has 0 aliphatic heterocycles. The summed E-state index contributed by atoms with van der Waals surface area (Å²) in [6, 6.07) is 9.83. The number of ether oxygens (including phenoxy) is 2. The number of halogens is 1. The monoisotopic (exact) mass is 491 g/mol. The van der Waals surface area contributed by atoms with Gasteiger partial charge in [-0.2, -0.15) is 0 Å². The maximum absolute atomic E-state index is 11.0. The first-order valence-corrected chi connectivity index (χ1v) is 9.41. The lowest BCUT2D eigenvalue weighted by Gasteiger charge is -2.22. The van der Waals surface area contributed by atoms with Crippen molar-refractivity contribution in [2.24, 2.45) is 4.99 Å². The summed E-state index contributed by atoms with van der Waals surface area (Å²) in [6.07, 6.45) is 4.51. The van der Waals surface area contributed by atoms with Crippen molar-refractivity contribution in [1.29, 1.82) is 0 Å². The largest absolute Gasteiger partial charge is 0.492 e. The van der Waals surface area contributed by atoms with E-state index in [2.05, 4.69) is 26.9 Å². The van der Waals surface area contributed by atoms with Crippen LogP contribution in [0.15, 0.2) is 35.3 Å². The molecule has 1 aromatic carbocycles. The van der Waals surface area contributed by atoms with E-state index in [0.717, 1.165) is 57.0 Å². The third kappa shape index (κ3) is 12.5. The molecule has 0 fully saturated rings. The van der Waals surface area contributed by atoms with Crippen LogP contribution in [-0.2, 0) is 9.53 Å². The van der Waals surface area contributed by atoms with Crippen molar-refractivity contribution in [3.8, 4) is 5.75 Å². The van der Waals surface area contributed by atoms with E-state index in [0.29, 0.717) is 13.0 Å². The Balaban J connectivity index is 0.00000676. The van der Waals surface area contributed by atoms with E-state index in [1.54, 1.807) is 0 Å². The van der Waals surface area contributed by atoms with Gasteiger partial charge in [-0.1, -0.05) is 31.0 Å². The van der Waals surface area contributed by atoms with Gasteiger partial charge in [0.1, 0.15) is 12.4 Å². The number of carbonyl (C=O) groups is 1. The van der Waals surface area contributed by atoms with Crippen LogP contribution in [0.25, 0.3) is 0 Å². The smallest absolute Gasteiger partial charge is 0.305 e. The van der Waals surface area contributed by atoms with Gasteiger partial charge in [-0.3, -0.25) is 9.79 Å². The molecule has 0 atom stereocenters. The van der Waals surface area contributed by atoms with Crippen molar-refractivity contribution in [3.05, 3.63) is 30.3 Å². The Bertz CT molecular complexity index is 526. The molecule has 1 rings (SSSR count). The highest BCUT2D eigenvalue weighted by Crippen LogP contribution is 2.08. The highest BCUT2D eigenvalue weighted by Gasteiger charge is 2.05. The number of para-hydroxylation sites is 1. The molecule has 0 amide bonds. The highest BCUT2D eigenvalue weighted by molar-refractivity contribution is 14.0. The third-order valence-corrected chi connectivity index (χ3v) is 3.91. The summed E-state index contributed by atoms with van der Waals surface area (Å²) in [5.74, 6) is 1.66. The number of nitrogens with zero attached hydrogens (tertiary/aromatic N) is 2. The van der Waals surface area contributed by atoms with Crippen LogP contribution in [0.1, 0.15) is 39.0 Å². The molecule has 0 saturated heterocycles. The van der Waals surface area contributed by atoms with Crippen molar-refractivity contribution in [1.82, 2.24) is 10.2 Å². The summed E-state index contributed by atoms with van der Waals surface area (Å²) in [7, 11) is 3.45. The Morgan fingerprint density at radius 2 is 1.85 bits per heavy atom. The first kappa shape index (κ1) is 25.5. The maximum atomic E-state index is 11.0. The van der Waals surface area contributed by atoms with E-state index in [1.807, 2.05) is 37.4 Å². The first-order valence-electron chi connectivity index (χ1n) is 9.41. The summed E-state index contributed by atoms with van der Waals surface area (Å²) in [4.78, 5) is 17.8. The highest BCUT2D eigenvalue weighted by atomic mass is 127. The lowest BCUT2D eigenvalue weighted by Crippen LogP contribution is -2.41. The molecular formula is C20H34IN3O3. The Hall–Kier alpha value is -1.51. The van der Waals surface area contributed by atoms with E-state index in [-0.39, 0.29) is 29.9 Å². The zero-order valence-electron chi connectivity index (χ0n) is 16.8. The van der Waals surface area contributed by atoms with Gasteiger partial charge in [-0.05, 0) is 31.9 Å². The number of rotatable bonds is 12. The number of unbranched alkanes of at least 4 members (excludes halogenated alkanes) is 3. The fourth-order valence-corrected chi connectivity index (χ4v) is 2.41. The molecule has 0 aromatic heterocycles. The molecule has 1 N–H and O–H groups in total. The van der Waals surface area contributed by atoms with Gasteiger partial charge in [0.2, 0.25) is 0 Å². The second kappa shape index (κ2) is 16.6. The number of methoxy groups -OCH3 is 1. The van der Waals surface area contributed by atoms with Crippen molar-refractivity contribution >= 4 is 35.9 Å². The quantitative estimate of drug-likeness (QED) is 0.159. The molecule has 0 radical (unpaired) electrons. The van der Waals surface area contributed by atoms with Crippen LogP contribution in [0.5, 0.6) is 5.75 Å². The number of carbonyl (C=O) groups excluding carboxylic acids is 1. The number of nitrogens with one attached hydrogen (secondary N) is 1. The Morgan fingerprint density at radius 3 is 2.52 bits per heavy atom. The summed E-state index contributed by atoms with van der Waals surface area (Å²) >= 11 is 0. The minimum absolute atomic E-state index is 0. The normalized spacial score (nSPS) is 10.7. The minimum Gasteiger partial charge on any atom is -0.492 e. The molecule has 6 nitrogen and oxygen atoms in total. The van der Waals surface area contributed by atoms with Crippen LogP contribution in [-0.4, -0.2) is 57.2 Å². The Kier molecular flexibility index (Phi) is 15.7. The Labute approximate surface area is 180 Å². The zero-order valence-corrected chi connectivity index (χ0v) is 19.1. The van der Waals surface area contributed by atoms with E-state index in [4.69, 9.17) is 4.74 Å². The van der Waals surface area contributed by atoms with Crippen LogP contribution in [0, 0.1) is 0 Å². The van der Waals surface area contributed by atoms with E-state index in [9.17, 15) is 4.79 Å². The molecule has 0 heterocycles. The predicted molar refractivity (Wildman–Crippen MR) is 121 cm³/mol. The number of hydrogen-bond donors (Lipinski definition) is 1. The number of esters is 1. The SMILES string of the molecule is CCNC(=NCCCCCCC(=O)OC)N(C)CCOc1ccccc1.I. The van der Waals surface area contributed by atoms with Crippen LogP contribution < -0.4 is 10.1 Å². The second-order valence-electron chi connectivity index (χ2n) is 6.06. The van der Waals surface area contributed by atoms with Crippen molar-refractivity contribution < 1.29 is 14.3 Å². The number of aliphatic imine (C=N–C) groups is 1.